The van der Waals surface area contributed by atoms with Crippen LogP contribution in [0.1, 0.15) is 49.8 Å². The van der Waals surface area contributed by atoms with Gasteiger partial charge in [-0.25, -0.2) is 17.8 Å². The topological polar surface area (TPSA) is 144 Å². The molecule has 2 aromatic heterocycles. The highest BCUT2D eigenvalue weighted by molar-refractivity contribution is 7.92. The summed E-state index contributed by atoms with van der Waals surface area (Å²) >= 11 is 0.845. The number of carbonyl (C=O) groups is 3. The van der Waals surface area contributed by atoms with E-state index in [1.807, 2.05) is 6.92 Å². The van der Waals surface area contributed by atoms with Crippen LogP contribution in [0, 0.1) is 5.82 Å². The standard InChI is InChI=1S/C26H29FN4O6S2/c1-3-9-31-14-16(4-7-22(31)34)17-11-19(27)23-20(12-17)38-26(30-23)24(39(36,37)10-8-15(2)32)25(35)28-13-21(33)29-18-5-6-18/h4,7,11-12,14,18,24H,3,5-6,8-10,13H2,1-2H3,(H,28,35)(H,29,33). The Kier molecular flexibility index (Phi) is 8.60. The van der Waals surface area contributed by atoms with Crippen molar-refractivity contribution in [1.29, 1.82) is 0 Å². The third kappa shape index (κ3) is 6.95. The molecule has 0 saturated heterocycles. The normalized spacial score (nSPS) is 14.2. The number of nitrogens with zero attached hydrogens (tertiary/aromatic N) is 2. The predicted molar refractivity (Wildman–Crippen MR) is 146 cm³/mol. The summed E-state index contributed by atoms with van der Waals surface area (Å²) in [5.41, 5.74) is 0.755. The number of pyridine rings is 1. The van der Waals surface area contributed by atoms with Crippen molar-refractivity contribution in [3.05, 3.63) is 51.6 Å². The van der Waals surface area contributed by atoms with Crippen molar-refractivity contribution in [2.24, 2.45) is 0 Å². The third-order valence-corrected chi connectivity index (χ3v) is 9.32. The summed E-state index contributed by atoms with van der Waals surface area (Å²) in [6, 6.07) is 5.89. The maximum atomic E-state index is 15.2. The van der Waals surface area contributed by atoms with E-state index in [2.05, 4.69) is 15.6 Å². The minimum absolute atomic E-state index is 0.0622. The quantitative estimate of drug-likeness (QED) is 0.337. The molecule has 2 heterocycles. The summed E-state index contributed by atoms with van der Waals surface area (Å²) in [5.74, 6) is -3.11. The molecular weight excluding hydrogens is 547 g/mol. The Balaban J connectivity index is 1.70. The fraction of sp³-hybridized carbons (Fsp3) is 0.423. The van der Waals surface area contributed by atoms with Gasteiger partial charge in [0.05, 0.1) is 17.0 Å². The first-order valence-electron chi connectivity index (χ1n) is 12.6. The van der Waals surface area contributed by atoms with Gasteiger partial charge in [0.1, 0.15) is 16.3 Å². The molecule has 1 saturated carbocycles. The van der Waals surface area contributed by atoms with Gasteiger partial charge in [0.25, 0.3) is 5.56 Å². The number of nitrogens with one attached hydrogen (secondary N) is 2. The first-order valence-corrected chi connectivity index (χ1v) is 15.1. The van der Waals surface area contributed by atoms with Gasteiger partial charge in [-0.3, -0.25) is 19.2 Å². The second kappa shape index (κ2) is 11.7. The van der Waals surface area contributed by atoms with Gasteiger partial charge in [0.15, 0.2) is 20.9 Å². The number of halogens is 1. The summed E-state index contributed by atoms with van der Waals surface area (Å²) in [5, 5.41) is 3.07. The number of aromatic nitrogens is 2. The van der Waals surface area contributed by atoms with Gasteiger partial charge in [-0.15, -0.1) is 11.3 Å². The van der Waals surface area contributed by atoms with Crippen molar-refractivity contribution in [3.63, 3.8) is 0 Å². The van der Waals surface area contributed by atoms with Crippen LogP contribution in [0.2, 0.25) is 0 Å². The highest BCUT2D eigenvalue weighted by Gasteiger charge is 2.37. The van der Waals surface area contributed by atoms with E-state index in [9.17, 15) is 27.6 Å². The van der Waals surface area contributed by atoms with Gasteiger partial charge in [0, 0.05) is 31.3 Å². The zero-order chi connectivity index (χ0) is 28.3. The maximum absolute atomic E-state index is 15.2. The molecule has 1 fully saturated rings. The van der Waals surface area contributed by atoms with E-state index in [1.54, 1.807) is 18.3 Å². The zero-order valence-electron chi connectivity index (χ0n) is 21.5. The molecule has 0 aliphatic heterocycles. The van der Waals surface area contributed by atoms with Gasteiger partial charge >= 0.3 is 0 Å². The monoisotopic (exact) mass is 576 g/mol. The number of sulfone groups is 1. The molecule has 1 aliphatic carbocycles. The lowest BCUT2D eigenvalue weighted by molar-refractivity contribution is -0.126. The van der Waals surface area contributed by atoms with Crippen LogP contribution in [-0.2, 0) is 30.8 Å². The number of carbonyl (C=O) groups excluding carboxylic acids is 3. The Morgan fingerprint density at radius 2 is 1.95 bits per heavy atom. The van der Waals surface area contributed by atoms with Crippen LogP contribution in [0.4, 0.5) is 4.39 Å². The average Bonchev–Trinajstić information content (AvgIpc) is 3.58. The molecule has 208 valence electrons. The zero-order valence-corrected chi connectivity index (χ0v) is 23.2. The van der Waals surface area contributed by atoms with Crippen molar-refractivity contribution >= 4 is 49.0 Å². The lowest BCUT2D eigenvalue weighted by Gasteiger charge is -2.15. The van der Waals surface area contributed by atoms with Gasteiger partial charge in [-0.05, 0) is 55.5 Å². The predicted octanol–water partition coefficient (Wildman–Crippen LogP) is 2.50. The lowest BCUT2D eigenvalue weighted by atomic mass is 10.1. The molecule has 3 aromatic rings. The fourth-order valence-corrected chi connectivity index (χ4v) is 7.16. The molecule has 0 bridgehead atoms. The fourth-order valence-electron chi connectivity index (χ4n) is 4.00. The third-order valence-electron chi connectivity index (χ3n) is 6.17. The molecule has 10 nitrogen and oxygen atoms in total. The van der Waals surface area contributed by atoms with Crippen LogP contribution in [0.5, 0.6) is 0 Å². The molecule has 0 radical (unpaired) electrons. The number of ketones is 1. The van der Waals surface area contributed by atoms with E-state index in [1.165, 1.54) is 23.6 Å². The van der Waals surface area contributed by atoms with Crippen LogP contribution < -0.4 is 16.2 Å². The van der Waals surface area contributed by atoms with Gasteiger partial charge in [-0.2, -0.15) is 0 Å². The molecule has 1 atom stereocenters. The van der Waals surface area contributed by atoms with Crippen molar-refractivity contribution < 1.29 is 27.2 Å². The molecule has 0 spiro atoms. The SMILES string of the molecule is CCCn1cc(-c2cc(F)c3nc(C(C(=O)NCC(=O)NC4CC4)S(=O)(=O)CCC(C)=O)sc3c2)ccc1=O. The van der Waals surface area contributed by atoms with Crippen LogP contribution in [0.25, 0.3) is 21.3 Å². The summed E-state index contributed by atoms with van der Waals surface area (Å²) < 4.78 is 43.5. The second-order valence-corrected chi connectivity index (χ2v) is 12.8. The first-order chi connectivity index (χ1) is 18.5. The van der Waals surface area contributed by atoms with Crippen LogP contribution in [0.15, 0.2) is 35.3 Å². The van der Waals surface area contributed by atoms with E-state index < -0.39 is 45.0 Å². The van der Waals surface area contributed by atoms with E-state index in [0.717, 1.165) is 30.6 Å². The van der Waals surface area contributed by atoms with E-state index >= 15 is 4.39 Å². The van der Waals surface area contributed by atoms with Gasteiger partial charge in [-0.1, -0.05) is 6.92 Å². The van der Waals surface area contributed by atoms with Crippen molar-refractivity contribution in [3.8, 4) is 11.1 Å². The average molecular weight is 577 g/mol. The first kappa shape index (κ1) is 28.6. The summed E-state index contributed by atoms with van der Waals surface area (Å²) in [4.78, 5) is 52.9. The number of fused-ring (bicyclic) bond motifs is 1. The highest BCUT2D eigenvalue weighted by atomic mass is 32.2. The number of hydrogen-bond donors (Lipinski definition) is 2. The molecule has 1 unspecified atom stereocenters. The number of rotatable bonds is 12. The molecule has 4 rings (SSSR count). The lowest BCUT2D eigenvalue weighted by Crippen LogP contribution is -2.41. The Hall–Kier alpha value is -3.45. The van der Waals surface area contributed by atoms with Gasteiger partial charge in [0.2, 0.25) is 11.8 Å². The van der Waals surface area contributed by atoms with E-state index in [0.29, 0.717) is 22.4 Å². The Labute approximate surface area is 228 Å². The Bertz CT molecular complexity index is 1590. The number of Topliss-reactive ketones (excluding diaryl/α,β-unsaturated/α-hetero) is 1. The number of benzene rings is 1. The van der Waals surface area contributed by atoms with Crippen molar-refractivity contribution in [2.75, 3.05) is 12.3 Å². The Morgan fingerprint density at radius 3 is 2.62 bits per heavy atom. The maximum Gasteiger partial charge on any atom is 0.250 e. The second-order valence-electron chi connectivity index (χ2n) is 9.56. The summed E-state index contributed by atoms with van der Waals surface area (Å²) in [6.07, 6.45) is 3.76. The van der Waals surface area contributed by atoms with Crippen molar-refractivity contribution in [1.82, 2.24) is 20.2 Å². The number of aryl methyl sites for hydroxylation is 1. The van der Waals surface area contributed by atoms with Gasteiger partial charge < -0.3 is 15.2 Å². The van der Waals surface area contributed by atoms with E-state index in [-0.39, 0.29) is 34.3 Å². The highest BCUT2D eigenvalue weighted by Crippen LogP contribution is 2.35. The number of amides is 2. The van der Waals surface area contributed by atoms with E-state index in [4.69, 9.17) is 0 Å². The molecule has 13 heteroatoms. The Morgan fingerprint density at radius 1 is 1.21 bits per heavy atom. The molecule has 1 aromatic carbocycles. The minimum atomic E-state index is -4.24. The summed E-state index contributed by atoms with van der Waals surface area (Å²) in [6.45, 7) is 3.24. The summed E-state index contributed by atoms with van der Waals surface area (Å²) in [7, 11) is -4.24. The molecule has 2 N–H and O–H groups in total. The molecule has 1 aliphatic rings. The largest absolute Gasteiger partial charge is 0.352 e. The molecular formula is C26H29FN4O6S2. The van der Waals surface area contributed by atoms with Crippen molar-refractivity contribution in [2.45, 2.75) is 57.4 Å². The minimum Gasteiger partial charge on any atom is -0.352 e. The van der Waals surface area contributed by atoms with Crippen LogP contribution in [-0.4, -0.2) is 53.9 Å². The van der Waals surface area contributed by atoms with Crippen LogP contribution in [0.3, 0.4) is 0 Å². The number of hydrogen-bond acceptors (Lipinski definition) is 8. The molecule has 39 heavy (non-hydrogen) atoms. The molecule has 2 amide bonds. The van der Waals surface area contributed by atoms with Crippen LogP contribution >= 0.6 is 11.3 Å². The smallest absolute Gasteiger partial charge is 0.250 e. The number of thiazole rings is 1.